The van der Waals surface area contributed by atoms with Gasteiger partial charge < -0.3 is 19.3 Å². The van der Waals surface area contributed by atoms with Crippen LogP contribution in [0.4, 0.5) is 0 Å². The lowest BCUT2D eigenvalue weighted by Crippen LogP contribution is -2.33. The van der Waals surface area contributed by atoms with Crippen molar-refractivity contribution in [2.45, 2.75) is 18.7 Å². The summed E-state index contributed by atoms with van der Waals surface area (Å²) in [5.41, 5.74) is 4.06. The number of fused-ring (bicyclic) bond motifs is 4. The highest BCUT2D eigenvalue weighted by molar-refractivity contribution is 6.02. The van der Waals surface area contributed by atoms with Crippen LogP contribution in [0.5, 0.6) is 23.0 Å². The minimum Gasteiger partial charge on any atom is -0.508 e. The van der Waals surface area contributed by atoms with Gasteiger partial charge in [-0.15, -0.1) is 0 Å². The van der Waals surface area contributed by atoms with E-state index in [4.69, 9.17) is 19.3 Å². The lowest BCUT2D eigenvalue weighted by Gasteiger charge is -2.38. The van der Waals surface area contributed by atoms with Crippen molar-refractivity contribution in [1.82, 2.24) is 5.01 Å². The smallest absolute Gasteiger partial charge is 0.231 e. The third-order valence-corrected chi connectivity index (χ3v) is 5.58. The molecule has 0 unspecified atom stereocenters. The Morgan fingerprint density at radius 2 is 1.72 bits per heavy atom. The van der Waals surface area contributed by atoms with Crippen molar-refractivity contribution >= 4 is 5.71 Å². The zero-order chi connectivity index (χ0) is 19.4. The third-order valence-electron chi connectivity index (χ3n) is 5.58. The molecule has 0 aromatic heterocycles. The molecule has 3 aliphatic heterocycles. The summed E-state index contributed by atoms with van der Waals surface area (Å²) in [6.45, 7) is 0.239. The molecule has 0 spiro atoms. The zero-order valence-corrected chi connectivity index (χ0v) is 15.5. The van der Waals surface area contributed by atoms with Gasteiger partial charge in [-0.1, -0.05) is 18.2 Å². The number of hydrogen-bond donors (Lipinski definition) is 1. The molecule has 1 N–H and O–H groups in total. The number of hydrogen-bond acceptors (Lipinski definition) is 6. The predicted octanol–water partition coefficient (Wildman–Crippen LogP) is 4.36. The molecule has 3 aromatic carbocycles. The Bertz CT molecular complexity index is 1130. The predicted molar refractivity (Wildman–Crippen MR) is 106 cm³/mol. The third kappa shape index (κ3) is 2.60. The standard InChI is InChI=1S/C23H18N2O4/c26-16-8-5-14(6-9-16)18-12-19-17-3-1-2-4-20(17)29-23(25(19)24-18)15-7-10-21-22(11-15)28-13-27-21/h1-11,19,23,26H,12-13H2/t19-,23+/m1/s1. The highest BCUT2D eigenvalue weighted by atomic mass is 16.7. The van der Waals surface area contributed by atoms with Crippen molar-refractivity contribution in [3.05, 3.63) is 83.4 Å². The number of benzene rings is 3. The van der Waals surface area contributed by atoms with Crippen molar-refractivity contribution in [2.75, 3.05) is 6.79 Å². The monoisotopic (exact) mass is 386 g/mol. The normalized spacial score (nSPS) is 21.2. The van der Waals surface area contributed by atoms with Crippen LogP contribution in [-0.4, -0.2) is 22.6 Å². The van der Waals surface area contributed by atoms with Crippen LogP contribution in [0.3, 0.4) is 0 Å². The van der Waals surface area contributed by atoms with Crippen LogP contribution in [0.25, 0.3) is 0 Å². The fraction of sp³-hybridized carbons (Fsp3) is 0.174. The maximum absolute atomic E-state index is 9.61. The van der Waals surface area contributed by atoms with Gasteiger partial charge in [-0.3, -0.25) is 0 Å². The molecule has 6 nitrogen and oxygen atoms in total. The van der Waals surface area contributed by atoms with Crippen LogP contribution in [-0.2, 0) is 0 Å². The SMILES string of the molecule is Oc1ccc(C2=NN3[C@H](C2)c2ccccc2O[C@H]3c2ccc3c(c2)OCO3)cc1. The molecular weight excluding hydrogens is 368 g/mol. The first-order valence-electron chi connectivity index (χ1n) is 9.56. The van der Waals surface area contributed by atoms with Crippen molar-refractivity contribution in [3.63, 3.8) is 0 Å². The van der Waals surface area contributed by atoms with Gasteiger partial charge in [-0.2, -0.15) is 5.10 Å². The second-order valence-corrected chi connectivity index (χ2v) is 7.31. The number of phenols is 1. The van der Waals surface area contributed by atoms with Gasteiger partial charge in [0.2, 0.25) is 13.0 Å². The van der Waals surface area contributed by atoms with Crippen LogP contribution in [0, 0.1) is 0 Å². The van der Waals surface area contributed by atoms with E-state index >= 15 is 0 Å². The highest BCUT2D eigenvalue weighted by Gasteiger charge is 2.41. The lowest BCUT2D eigenvalue weighted by molar-refractivity contribution is -0.0191. The van der Waals surface area contributed by atoms with Crippen molar-refractivity contribution in [3.8, 4) is 23.0 Å². The van der Waals surface area contributed by atoms with Crippen LogP contribution in [0.15, 0.2) is 71.8 Å². The number of para-hydroxylation sites is 1. The van der Waals surface area contributed by atoms with Gasteiger partial charge in [0.15, 0.2) is 11.5 Å². The van der Waals surface area contributed by atoms with E-state index < -0.39 is 0 Å². The Morgan fingerprint density at radius 1 is 0.897 bits per heavy atom. The largest absolute Gasteiger partial charge is 0.508 e. The second-order valence-electron chi connectivity index (χ2n) is 7.31. The van der Waals surface area contributed by atoms with E-state index in [9.17, 15) is 5.11 Å². The van der Waals surface area contributed by atoms with Crippen molar-refractivity contribution in [1.29, 1.82) is 0 Å². The number of nitrogens with zero attached hydrogens (tertiary/aromatic N) is 2. The molecule has 0 aliphatic carbocycles. The molecule has 3 heterocycles. The topological polar surface area (TPSA) is 63.5 Å². The number of aromatic hydroxyl groups is 1. The van der Waals surface area contributed by atoms with E-state index in [1.807, 2.05) is 53.5 Å². The first-order valence-corrected chi connectivity index (χ1v) is 9.56. The average molecular weight is 386 g/mol. The number of hydrazone groups is 1. The summed E-state index contributed by atoms with van der Waals surface area (Å²) in [4.78, 5) is 0. The maximum Gasteiger partial charge on any atom is 0.231 e. The first kappa shape index (κ1) is 16.3. The molecule has 6 rings (SSSR count). The molecule has 0 saturated heterocycles. The van der Waals surface area contributed by atoms with Gasteiger partial charge in [-0.25, -0.2) is 5.01 Å². The van der Waals surface area contributed by atoms with E-state index in [0.29, 0.717) is 0 Å². The van der Waals surface area contributed by atoms with Crippen molar-refractivity contribution in [2.24, 2.45) is 5.10 Å². The summed E-state index contributed by atoms with van der Waals surface area (Å²) >= 11 is 0. The summed E-state index contributed by atoms with van der Waals surface area (Å²) < 4.78 is 17.4. The Labute approximate surface area is 167 Å². The molecule has 6 heteroatoms. The zero-order valence-electron chi connectivity index (χ0n) is 15.5. The first-order chi connectivity index (χ1) is 14.3. The van der Waals surface area contributed by atoms with Gasteiger partial charge in [0.1, 0.15) is 11.5 Å². The van der Waals surface area contributed by atoms with E-state index in [-0.39, 0.29) is 24.8 Å². The molecule has 144 valence electrons. The van der Waals surface area contributed by atoms with Gasteiger partial charge in [0.25, 0.3) is 0 Å². The summed E-state index contributed by atoms with van der Waals surface area (Å²) in [6, 6.07) is 21.2. The minimum atomic E-state index is -0.362. The molecule has 0 bridgehead atoms. The fourth-order valence-corrected chi connectivity index (χ4v) is 4.15. The summed E-state index contributed by atoms with van der Waals surface area (Å²) in [5, 5.41) is 16.6. The second kappa shape index (κ2) is 6.17. The van der Waals surface area contributed by atoms with Gasteiger partial charge in [0.05, 0.1) is 11.8 Å². The molecule has 0 radical (unpaired) electrons. The van der Waals surface area contributed by atoms with E-state index in [2.05, 4.69) is 6.07 Å². The Hall–Kier alpha value is -3.67. The number of ether oxygens (including phenoxy) is 3. The molecule has 0 amide bonds. The van der Waals surface area contributed by atoms with Crippen LogP contribution >= 0.6 is 0 Å². The fourth-order valence-electron chi connectivity index (χ4n) is 4.15. The Balaban J connectivity index is 1.44. The van der Waals surface area contributed by atoms with Crippen molar-refractivity contribution < 1.29 is 19.3 Å². The summed E-state index contributed by atoms with van der Waals surface area (Å²) in [5.74, 6) is 2.59. The van der Waals surface area contributed by atoms with E-state index in [1.54, 1.807) is 12.1 Å². The van der Waals surface area contributed by atoms with Crippen LogP contribution < -0.4 is 14.2 Å². The van der Waals surface area contributed by atoms with Gasteiger partial charge >= 0.3 is 0 Å². The minimum absolute atomic E-state index is 0.0826. The van der Waals surface area contributed by atoms with E-state index in [1.165, 1.54) is 0 Å². The highest BCUT2D eigenvalue weighted by Crippen LogP contribution is 2.48. The Kier molecular flexibility index (Phi) is 3.47. The van der Waals surface area contributed by atoms with Crippen LogP contribution in [0.1, 0.15) is 35.4 Å². The molecule has 0 saturated carbocycles. The molecule has 29 heavy (non-hydrogen) atoms. The lowest BCUT2D eigenvalue weighted by atomic mass is 9.96. The van der Waals surface area contributed by atoms with Crippen LogP contribution in [0.2, 0.25) is 0 Å². The Morgan fingerprint density at radius 3 is 2.62 bits per heavy atom. The van der Waals surface area contributed by atoms with Gasteiger partial charge in [0, 0.05) is 17.5 Å². The average Bonchev–Trinajstić information content (AvgIpc) is 3.40. The molecule has 3 aliphatic rings. The van der Waals surface area contributed by atoms with E-state index in [0.717, 1.165) is 46.1 Å². The quantitative estimate of drug-likeness (QED) is 0.709. The number of rotatable bonds is 2. The van der Waals surface area contributed by atoms with Gasteiger partial charge in [-0.05, 0) is 54.1 Å². The molecule has 0 fully saturated rings. The molecular formula is C23H18N2O4. The summed E-state index contributed by atoms with van der Waals surface area (Å²) in [7, 11) is 0. The molecule has 3 aromatic rings. The maximum atomic E-state index is 9.61. The molecule has 2 atom stereocenters. The summed E-state index contributed by atoms with van der Waals surface area (Å²) in [6.07, 6.45) is 0.408. The number of phenolic OH excluding ortho intramolecular Hbond substituents is 1.